The highest BCUT2D eigenvalue weighted by atomic mass is 16.6. The normalized spacial score (nSPS) is 39.2. The van der Waals surface area contributed by atoms with Crippen molar-refractivity contribution in [3.05, 3.63) is 0 Å². The number of fused-ring (bicyclic) bond motifs is 1. The Bertz CT molecular complexity index is 536. The van der Waals surface area contributed by atoms with Gasteiger partial charge in [0.25, 0.3) is 0 Å². The molecule has 1 N–H and O–H groups in total. The number of ether oxygens (including phenoxy) is 2. The number of nitrogens with one attached hydrogen (secondary N) is 1. The number of amides is 2. The van der Waals surface area contributed by atoms with Crippen molar-refractivity contribution in [3.8, 4) is 0 Å². The summed E-state index contributed by atoms with van der Waals surface area (Å²) in [5.41, 5.74) is 0.319. The van der Waals surface area contributed by atoms with Gasteiger partial charge in [-0.25, -0.2) is 4.79 Å². The van der Waals surface area contributed by atoms with Gasteiger partial charge in [0.1, 0.15) is 6.73 Å². The van der Waals surface area contributed by atoms with Crippen LogP contribution < -0.4 is 5.32 Å². The maximum absolute atomic E-state index is 12.0. The molecule has 2 atom stereocenters. The van der Waals surface area contributed by atoms with E-state index in [9.17, 15) is 9.59 Å². The van der Waals surface area contributed by atoms with Crippen molar-refractivity contribution in [3.63, 3.8) is 0 Å². The quantitative estimate of drug-likeness (QED) is 0.745. The zero-order chi connectivity index (χ0) is 17.6. The smallest absolute Gasteiger partial charge is 0.409 e. The Morgan fingerprint density at radius 3 is 2.60 bits per heavy atom. The Balaban J connectivity index is 1.21. The summed E-state index contributed by atoms with van der Waals surface area (Å²) in [6.45, 7) is 6.39. The van der Waals surface area contributed by atoms with Crippen molar-refractivity contribution in [1.29, 1.82) is 0 Å². The lowest BCUT2D eigenvalue weighted by Gasteiger charge is -2.49. The number of rotatable bonds is 5. The molecule has 0 bridgehead atoms. The Morgan fingerprint density at radius 1 is 1.24 bits per heavy atom. The van der Waals surface area contributed by atoms with Gasteiger partial charge in [0, 0.05) is 45.2 Å². The van der Waals surface area contributed by atoms with Crippen molar-refractivity contribution in [2.45, 2.75) is 32.2 Å². The van der Waals surface area contributed by atoms with Crippen LogP contribution >= 0.6 is 0 Å². The second kappa shape index (κ2) is 6.43. The van der Waals surface area contributed by atoms with Gasteiger partial charge in [-0.15, -0.1) is 0 Å². The molecule has 2 unspecified atom stereocenters. The van der Waals surface area contributed by atoms with Crippen LogP contribution in [0.2, 0.25) is 0 Å². The monoisotopic (exact) mass is 351 g/mol. The lowest BCUT2D eigenvalue weighted by Crippen LogP contribution is -2.52. The average Bonchev–Trinajstić information content (AvgIpc) is 2.93. The van der Waals surface area contributed by atoms with Gasteiger partial charge in [-0.1, -0.05) is 0 Å². The minimum absolute atomic E-state index is 0.155. The predicted molar refractivity (Wildman–Crippen MR) is 90.7 cm³/mol. The van der Waals surface area contributed by atoms with E-state index in [1.54, 1.807) is 7.11 Å². The van der Waals surface area contributed by atoms with Crippen LogP contribution in [-0.2, 0) is 14.3 Å². The molecule has 0 aromatic heterocycles. The van der Waals surface area contributed by atoms with Crippen molar-refractivity contribution < 1.29 is 19.1 Å². The third-order valence-electron chi connectivity index (χ3n) is 6.73. The highest BCUT2D eigenvalue weighted by molar-refractivity contribution is 5.82. The van der Waals surface area contributed by atoms with E-state index in [1.807, 2.05) is 11.8 Å². The number of methoxy groups -OCH3 is 1. The molecule has 2 heterocycles. The molecule has 0 radical (unpaired) electrons. The molecular formula is C18H29N3O4. The van der Waals surface area contributed by atoms with Crippen LogP contribution in [0.3, 0.4) is 0 Å². The van der Waals surface area contributed by atoms with Crippen LogP contribution in [-0.4, -0.2) is 74.5 Å². The average molecular weight is 351 g/mol. The first-order valence-electron chi connectivity index (χ1n) is 9.49. The van der Waals surface area contributed by atoms with E-state index in [4.69, 9.17) is 9.47 Å². The van der Waals surface area contributed by atoms with E-state index in [2.05, 4.69) is 10.2 Å². The number of carbonyl (C=O) groups excluding carboxylic acids is 2. The molecular weight excluding hydrogens is 322 g/mol. The molecule has 140 valence electrons. The summed E-state index contributed by atoms with van der Waals surface area (Å²) in [5, 5.41) is 2.83. The molecule has 4 rings (SSSR count). The van der Waals surface area contributed by atoms with Crippen LogP contribution in [0, 0.1) is 23.2 Å². The van der Waals surface area contributed by atoms with Gasteiger partial charge >= 0.3 is 6.09 Å². The van der Waals surface area contributed by atoms with Crippen molar-refractivity contribution in [2.24, 2.45) is 23.2 Å². The van der Waals surface area contributed by atoms with Gasteiger partial charge in [-0.2, -0.15) is 0 Å². The van der Waals surface area contributed by atoms with E-state index in [1.165, 1.54) is 12.8 Å². The zero-order valence-corrected chi connectivity index (χ0v) is 15.2. The molecule has 2 amide bonds. The van der Waals surface area contributed by atoms with E-state index in [0.717, 1.165) is 32.6 Å². The maximum Gasteiger partial charge on any atom is 0.409 e. The summed E-state index contributed by atoms with van der Waals surface area (Å²) < 4.78 is 10.0. The first-order chi connectivity index (χ1) is 12.1. The fraction of sp³-hybridized carbons (Fsp3) is 0.889. The first-order valence-corrected chi connectivity index (χ1v) is 9.49. The maximum atomic E-state index is 12.0. The summed E-state index contributed by atoms with van der Waals surface area (Å²) in [4.78, 5) is 28.4. The molecule has 25 heavy (non-hydrogen) atoms. The highest BCUT2D eigenvalue weighted by Gasteiger charge is 2.62. The van der Waals surface area contributed by atoms with Crippen LogP contribution in [0.5, 0.6) is 0 Å². The molecule has 2 aliphatic heterocycles. The molecule has 0 aromatic rings. The topological polar surface area (TPSA) is 71.1 Å². The molecule has 7 heteroatoms. The van der Waals surface area contributed by atoms with Gasteiger partial charge in [-0.3, -0.25) is 9.69 Å². The van der Waals surface area contributed by atoms with Gasteiger partial charge in [0.15, 0.2) is 0 Å². The molecule has 7 nitrogen and oxygen atoms in total. The molecule has 1 spiro atoms. The summed E-state index contributed by atoms with van der Waals surface area (Å²) in [6, 6.07) is 0.637. The van der Waals surface area contributed by atoms with Gasteiger partial charge in [0.05, 0.1) is 6.61 Å². The first kappa shape index (κ1) is 17.1. The number of piperidine rings is 1. The fourth-order valence-corrected chi connectivity index (χ4v) is 5.34. The lowest BCUT2D eigenvalue weighted by molar-refractivity contribution is -0.124. The Kier molecular flexibility index (Phi) is 4.40. The largest absolute Gasteiger partial charge is 0.450 e. The number of likely N-dealkylation sites (tertiary alicyclic amines) is 2. The van der Waals surface area contributed by atoms with Gasteiger partial charge < -0.3 is 19.7 Å². The van der Waals surface area contributed by atoms with Crippen LogP contribution in [0.15, 0.2) is 0 Å². The highest BCUT2D eigenvalue weighted by Crippen LogP contribution is 2.56. The minimum Gasteiger partial charge on any atom is -0.450 e. The SMILES string of the molecule is CCOC(=O)N1CCC2(CC(N3CC4C(C3)C4C(=O)NCOC)C2)C1. The molecule has 4 fully saturated rings. The summed E-state index contributed by atoms with van der Waals surface area (Å²) in [5.74, 6) is 1.43. The third-order valence-corrected chi connectivity index (χ3v) is 6.73. The number of hydrogen-bond donors (Lipinski definition) is 1. The van der Waals surface area contributed by atoms with Crippen molar-refractivity contribution in [2.75, 3.05) is 46.6 Å². The van der Waals surface area contributed by atoms with E-state index < -0.39 is 0 Å². The molecule has 4 aliphatic rings. The van der Waals surface area contributed by atoms with E-state index in [0.29, 0.717) is 36.6 Å². The number of carbonyl (C=O) groups is 2. The molecule has 2 saturated heterocycles. The Morgan fingerprint density at radius 2 is 1.96 bits per heavy atom. The van der Waals surface area contributed by atoms with Crippen molar-refractivity contribution >= 4 is 12.0 Å². The summed E-state index contributed by atoms with van der Waals surface area (Å²) in [6.07, 6.45) is 3.31. The van der Waals surface area contributed by atoms with Crippen LogP contribution in [0.1, 0.15) is 26.2 Å². The predicted octanol–water partition coefficient (Wildman–Crippen LogP) is 0.895. The number of nitrogens with zero attached hydrogens (tertiary/aromatic N) is 2. The summed E-state index contributed by atoms with van der Waals surface area (Å²) >= 11 is 0. The standard InChI is InChI=1S/C18H29N3O4/c1-3-25-17(23)20-5-4-18(10-20)6-12(7-18)21-8-13-14(9-21)15(13)16(22)19-11-24-2/h12-15H,3-11H2,1-2H3,(H,19,22). The second-order valence-electron chi connectivity index (χ2n) is 8.21. The minimum atomic E-state index is -0.157. The van der Waals surface area contributed by atoms with Crippen LogP contribution in [0.4, 0.5) is 4.79 Å². The zero-order valence-electron chi connectivity index (χ0n) is 15.2. The molecule has 2 saturated carbocycles. The molecule has 0 aromatic carbocycles. The lowest BCUT2D eigenvalue weighted by atomic mass is 9.64. The Hall–Kier alpha value is -1.34. The second-order valence-corrected chi connectivity index (χ2v) is 8.21. The summed E-state index contributed by atoms with van der Waals surface area (Å²) in [7, 11) is 1.59. The van der Waals surface area contributed by atoms with Gasteiger partial charge in [0.2, 0.25) is 5.91 Å². The third kappa shape index (κ3) is 3.01. The Labute approximate surface area is 149 Å². The molecule has 2 aliphatic carbocycles. The van der Waals surface area contributed by atoms with Crippen molar-refractivity contribution in [1.82, 2.24) is 15.1 Å². The van der Waals surface area contributed by atoms with E-state index in [-0.39, 0.29) is 17.9 Å². The van der Waals surface area contributed by atoms with Gasteiger partial charge in [-0.05, 0) is 43.4 Å². The van der Waals surface area contributed by atoms with E-state index >= 15 is 0 Å². The van der Waals surface area contributed by atoms with Crippen LogP contribution in [0.25, 0.3) is 0 Å². The fourth-order valence-electron chi connectivity index (χ4n) is 5.34. The number of hydrogen-bond acceptors (Lipinski definition) is 5.